The lowest BCUT2D eigenvalue weighted by Crippen LogP contribution is -2.40. The van der Waals surface area contributed by atoms with Gasteiger partial charge in [-0.3, -0.25) is 4.79 Å². The standard InChI is InChI=1S/C31H31N5OS/c1-36(2)27-19-30(35-26-12-6-4-10-24(26)27)33-22-15-17-23(18-16-22)34-31(37)25-11-5-8-14-29(25)38-28-13-7-3-9-21(28)20-32/h3-14,19,22-23H,15-18H2,1-2H3,(H,33,35)(H,34,37)/t22-,23+. The van der Waals surface area contributed by atoms with Crippen LogP contribution in [-0.2, 0) is 0 Å². The predicted molar refractivity (Wildman–Crippen MR) is 155 cm³/mol. The average molecular weight is 522 g/mol. The Kier molecular flexibility index (Phi) is 7.81. The first-order chi connectivity index (χ1) is 18.5. The second-order valence-electron chi connectivity index (χ2n) is 9.81. The molecule has 1 saturated carbocycles. The maximum absolute atomic E-state index is 13.3. The van der Waals surface area contributed by atoms with Gasteiger partial charge in [0.25, 0.3) is 5.91 Å². The second kappa shape index (κ2) is 11.6. The van der Waals surface area contributed by atoms with Crippen molar-refractivity contribution in [2.45, 2.75) is 47.6 Å². The van der Waals surface area contributed by atoms with E-state index in [1.54, 1.807) is 6.07 Å². The summed E-state index contributed by atoms with van der Waals surface area (Å²) in [7, 11) is 4.11. The highest BCUT2D eigenvalue weighted by Crippen LogP contribution is 2.33. The minimum atomic E-state index is -0.0641. The van der Waals surface area contributed by atoms with Crippen LogP contribution in [0.25, 0.3) is 10.9 Å². The topological polar surface area (TPSA) is 81.0 Å². The predicted octanol–water partition coefficient (Wildman–Crippen LogP) is 6.48. The van der Waals surface area contributed by atoms with Crippen LogP contribution in [0.3, 0.4) is 0 Å². The molecule has 1 aliphatic carbocycles. The van der Waals surface area contributed by atoms with Crippen LogP contribution in [-0.4, -0.2) is 37.1 Å². The number of pyridine rings is 1. The third-order valence-corrected chi connectivity index (χ3v) is 8.10. The lowest BCUT2D eigenvalue weighted by molar-refractivity contribution is 0.0923. The number of hydrogen-bond acceptors (Lipinski definition) is 6. The molecule has 1 aromatic heterocycles. The van der Waals surface area contributed by atoms with Gasteiger partial charge in [-0.25, -0.2) is 4.98 Å². The van der Waals surface area contributed by atoms with E-state index in [-0.39, 0.29) is 11.9 Å². The number of anilines is 2. The Morgan fingerprint density at radius 2 is 1.58 bits per heavy atom. The number of nitrogens with zero attached hydrogens (tertiary/aromatic N) is 3. The van der Waals surface area contributed by atoms with Gasteiger partial charge in [0.2, 0.25) is 0 Å². The summed E-state index contributed by atoms with van der Waals surface area (Å²) < 4.78 is 0. The number of para-hydroxylation sites is 1. The van der Waals surface area contributed by atoms with Crippen molar-refractivity contribution in [2.75, 3.05) is 24.3 Å². The summed E-state index contributed by atoms with van der Waals surface area (Å²) in [5, 5.41) is 17.5. The van der Waals surface area contributed by atoms with Crippen molar-refractivity contribution in [3.05, 3.63) is 90.0 Å². The van der Waals surface area contributed by atoms with Gasteiger partial charge >= 0.3 is 0 Å². The van der Waals surface area contributed by atoms with E-state index in [0.717, 1.165) is 57.9 Å². The SMILES string of the molecule is CN(C)c1cc(N[C@H]2CC[C@@H](NC(=O)c3ccccc3Sc3ccccc3C#N)CC2)nc2ccccc12. The lowest BCUT2D eigenvalue weighted by atomic mass is 9.91. The molecule has 4 aromatic rings. The van der Waals surface area contributed by atoms with E-state index in [1.807, 2.05) is 54.6 Å². The number of aromatic nitrogens is 1. The van der Waals surface area contributed by atoms with E-state index >= 15 is 0 Å². The van der Waals surface area contributed by atoms with Crippen molar-refractivity contribution in [1.29, 1.82) is 5.26 Å². The van der Waals surface area contributed by atoms with Crippen molar-refractivity contribution >= 4 is 40.1 Å². The van der Waals surface area contributed by atoms with Crippen molar-refractivity contribution in [2.24, 2.45) is 0 Å². The van der Waals surface area contributed by atoms with E-state index in [4.69, 9.17) is 4.98 Å². The average Bonchev–Trinajstić information content (AvgIpc) is 2.94. The van der Waals surface area contributed by atoms with Crippen molar-refractivity contribution < 1.29 is 4.79 Å². The Balaban J connectivity index is 1.21. The molecule has 0 unspecified atom stereocenters. The Morgan fingerprint density at radius 1 is 0.921 bits per heavy atom. The summed E-state index contributed by atoms with van der Waals surface area (Å²) in [4.78, 5) is 21.9. The van der Waals surface area contributed by atoms with Crippen molar-refractivity contribution in [3.8, 4) is 6.07 Å². The molecule has 1 heterocycles. The van der Waals surface area contributed by atoms with E-state index in [0.29, 0.717) is 17.2 Å². The summed E-state index contributed by atoms with van der Waals surface area (Å²) >= 11 is 1.46. The van der Waals surface area contributed by atoms with Crippen LogP contribution in [0, 0.1) is 11.3 Å². The normalized spacial score (nSPS) is 17.0. The Bertz CT molecular complexity index is 1490. The van der Waals surface area contributed by atoms with Crippen LogP contribution < -0.4 is 15.5 Å². The highest BCUT2D eigenvalue weighted by atomic mass is 32.2. The Morgan fingerprint density at radius 3 is 2.34 bits per heavy atom. The van der Waals surface area contributed by atoms with Crippen LogP contribution >= 0.6 is 11.8 Å². The molecule has 0 atom stereocenters. The Labute approximate surface area is 228 Å². The number of rotatable bonds is 7. The van der Waals surface area contributed by atoms with E-state index in [9.17, 15) is 10.1 Å². The molecular weight excluding hydrogens is 490 g/mol. The van der Waals surface area contributed by atoms with Crippen LogP contribution in [0.1, 0.15) is 41.6 Å². The first kappa shape index (κ1) is 25.6. The molecule has 1 aliphatic rings. The number of hydrogen-bond donors (Lipinski definition) is 2. The number of carbonyl (C=O) groups is 1. The zero-order valence-electron chi connectivity index (χ0n) is 21.6. The van der Waals surface area contributed by atoms with Crippen LogP contribution in [0.2, 0.25) is 0 Å². The van der Waals surface area contributed by atoms with Gasteiger partial charge in [-0.2, -0.15) is 5.26 Å². The van der Waals surface area contributed by atoms with Gasteiger partial charge < -0.3 is 15.5 Å². The molecule has 3 aromatic carbocycles. The van der Waals surface area contributed by atoms with E-state index in [1.165, 1.54) is 11.8 Å². The van der Waals surface area contributed by atoms with Gasteiger partial charge in [-0.1, -0.05) is 54.2 Å². The first-order valence-electron chi connectivity index (χ1n) is 12.9. The van der Waals surface area contributed by atoms with Gasteiger partial charge in [-0.15, -0.1) is 0 Å². The van der Waals surface area contributed by atoms with Crippen LogP contribution in [0.5, 0.6) is 0 Å². The smallest absolute Gasteiger partial charge is 0.252 e. The second-order valence-corrected chi connectivity index (χ2v) is 10.9. The zero-order chi connectivity index (χ0) is 26.5. The summed E-state index contributed by atoms with van der Waals surface area (Å²) in [5.41, 5.74) is 3.38. The van der Waals surface area contributed by atoms with E-state index in [2.05, 4.69) is 53.9 Å². The number of carbonyl (C=O) groups excluding carboxylic acids is 1. The molecular formula is C31H31N5OS. The molecule has 38 heavy (non-hydrogen) atoms. The first-order valence-corrected chi connectivity index (χ1v) is 13.7. The maximum Gasteiger partial charge on any atom is 0.252 e. The van der Waals surface area contributed by atoms with Gasteiger partial charge in [0.1, 0.15) is 11.9 Å². The highest BCUT2D eigenvalue weighted by Gasteiger charge is 2.24. The maximum atomic E-state index is 13.3. The fraction of sp³-hybridized carbons (Fsp3) is 0.258. The summed E-state index contributed by atoms with van der Waals surface area (Å²) in [6, 6.07) is 28.1. The molecule has 192 valence electrons. The summed E-state index contributed by atoms with van der Waals surface area (Å²) in [6.45, 7) is 0. The van der Waals surface area contributed by atoms with Crippen LogP contribution in [0.4, 0.5) is 11.5 Å². The minimum absolute atomic E-state index is 0.0641. The highest BCUT2D eigenvalue weighted by molar-refractivity contribution is 7.99. The molecule has 0 radical (unpaired) electrons. The van der Waals surface area contributed by atoms with E-state index < -0.39 is 0 Å². The van der Waals surface area contributed by atoms with Gasteiger partial charge in [0, 0.05) is 53.1 Å². The fourth-order valence-corrected chi connectivity index (χ4v) is 5.99. The summed E-state index contributed by atoms with van der Waals surface area (Å²) in [5.74, 6) is 0.828. The van der Waals surface area contributed by atoms with Crippen LogP contribution in [0.15, 0.2) is 88.7 Å². The summed E-state index contributed by atoms with van der Waals surface area (Å²) in [6.07, 6.45) is 3.74. The number of nitriles is 1. The molecule has 0 bridgehead atoms. The zero-order valence-corrected chi connectivity index (χ0v) is 22.5. The van der Waals surface area contributed by atoms with Crippen molar-refractivity contribution in [3.63, 3.8) is 0 Å². The molecule has 0 aliphatic heterocycles. The largest absolute Gasteiger partial charge is 0.377 e. The van der Waals surface area contributed by atoms with Gasteiger partial charge in [-0.05, 0) is 56.0 Å². The fourth-order valence-electron chi connectivity index (χ4n) is 4.97. The van der Waals surface area contributed by atoms with Gasteiger partial charge in [0.05, 0.1) is 16.6 Å². The lowest BCUT2D eigenvalue weighted by Gasteiger charge is -2.30. The number of fused-ring (bicyclic) bond motifs is 1. The molecule has 1 amide bonds. The number of benzene rings is 3. The third-order valence-electron chi connectivity index (χ3n) is 6.95. The minimum Gasteiger partial charge on any atom is -0.377 e. The molecule has 0 spiro atoms. The van der Waals surface area contributed by atoms with Gasteiger partial charge in [0.15, 0.2) is 0 Å². The molecule has 7 heteroatoms. The van der Waals surface area contributed by atoms with Crippen molar-refractivity contribution in [1.82, 2.24) is 10.3 Å². The number of nitrogens with one attached hydrogen (secondary N) is 2. The molecule has 5 rings (SSSR count). The number of amides is 1. The monoisotopic (exact) mass is 521 g/mol. The molecule has 6 nitrogen and oxygen atoms in total. The molecule has 0 saturated heterocycles. The third kappa shape index (κ3) is 5.76. The quantitative estimate of drug-likeness (QED) is 0.290. The Hall–Kier alpha value is -4.02. The molecule has 1 fully saturated rings. The molecule has 2 N–H and O–H groups in total.